The van der Waals surface area contributed by atoms with Crippen LogP contribution in [0.1, 0.15) is 258 Å². The Morgan fingerprint density at radius 2 is 0.889 bits per heavy atom. The van der Waals surface area contributed by atoms with Gasteiger partial charge in [0.05, 0.1) is 25.4 Å². The first-order valence-corrected chi connectivity index (χ1v) is 27.1. The van der Waals surface area contributed by atoms with Crippen molar-refractivity contribution in [3.8, 4) is 0 Å². The van der Waals surface area contributed by atoms with Gasteiger partial charge in [0, 0.05) is 6.42 Å². The number of rotatable bonds is 46. The van der Waals surface area contributed by atoms with E-state index in [0.717, 1.165) is 38.5 Å². The molecule has 0 bridgehead atoms. The Hall–Kier alpha value is -1.33. The Labute approximate surface area is 388 Å². The number of aliphatic hydroxyl groups excluding tert-OH is 5. The van der Waals surface area contributed by atoms with E-state index in [1.807, 2.05) is 6.08 Å². The minimum atomic E-state index is -1.56. The van der Waals surface area contributed by atoms with Gasteiger partial charge in [0.1, 0.15) is 24.4 Å². The van der Waals surface area contributed by atoms with Gasteiger partial charge in [-0.05, 0) is 44.9 Å². The second-order valence-electron chi connectivity index (χ2n) is 19.0. The van der Waals surface area contributed by atoms with Crippen LogP contribution in [0.5, 0.6) is 0 Å². The summed E-state index contributed by atoms with van der Waals surface area (Å²) in [4.78, 5) is 13.0. The molecule has 1 amide bonds. The lowest BCUT2D eigenvalue weighted by Crippen LogP contribution is -2.60. The van der Waals surface area contributed by atoms with Gasteiger partial charge in [0.15, 0.2) is 6.29 Å². The van der Waals surface area contributed by atoms with Gasteiger partial charge in [-0.3, -0.25) is 4.79 Å². The van der Waals surface area contributed by atoms with Crippen LogP contribution < -0.4 is 5.32 Å². The number of nitrogens with one attached hydrogen (secondary N) is 1. The van der Waals surface area contributed by atoms with Gasteiger partial charge in [-0.2, -0.15) is 0 Å². The number of aliphatic hydroxyl groups is 5. The fourth-order valence-electron chi connectivity index (χ4n) is 8.68. The molecule has 9 heteroatoms. The Bertz CT molecular complexity index is 1040. The Morgan fingerprint density at radius 3 is 1.29 bits per heavy atom. The number of carbonyl (C=O) groups is 1. The SMILES string of the molecule is CCCCCCCCCC/C=C/C(O)C(COC1OC(CO)C(O)C(O)C1O)NC(=O)CCCCCCCCCCCCCCCC/C=C\CCCCCCCCCCCCCC. The molecule has 0 aromatic rings. The lowest BCUT2D eigenvalue weighted by Gasteiger charge is -2.40. The maximum atomic E-state index is 13.0. The van der Waals surface area contributed by atoms with Crippen LogP contribution >= 0.6 is 0 Å². The smallest absolute Gasteiger partial charge is 0.220 e. The van der Waals surface area contributed by atoms with Gasteiger partial charge in [0.25, 0.3) is 0 Å². The maximum absolute atomic E-state index is 13.0. The molecule has 9 nitrogen and oxygen atoms in total. The first-order chi connectivity index (χ1) is 30.8. The van der Waals surface area contributed by atoms with Crippen LogP contribution in [0, 0.1) is 0 Å². The Morgan fingerprint density at radius 1 is 0.524 bits per heavy atom. The van der Waals surface area contributed by atoms with Gasteiger partial charge >= 0.3 is 0 Å². The van der Waals surface area contributed by atoms with Crippen LogP contribution in [-0.4, -0.2) is 87.5 Å². The Balaban J connectivity index is 2.11. The maximum Gasteiger partial charge on any atom is 0.220 e. The summed E-state index contributed by atoms with van der Waals surface area (Å²) >= 11 is 0. The standard InChI is InChI=1S/C54H103NO8/c1-3-5-7-9-11-13-15-16-17-18-19-20-21-22-23-24-25-26-27-28-29-30-31-32-33-34-36-38-40-42-44-50(58)55-47(46-62-54-53(61)52(60)51(59)49(45-56)63-54)48(57)43-41-39-37-35-14-12-10-8-6-4-2/h22-23,41,43,47-49,51-54,56-57,59-61H,3-21,24-40,42,44-46H2,1-2H3,(H,55,58)/b23-22-,43-41+. The highest BCUT2D eigenvalue weighted by molar-refractivity contribution is 5.76. The molecule has 0 aliphatic carbocycles. The van der Waals surface area contributed by atoms with Crippen molar-refractivity contribution >= 4 is 5.91 Å². The first-order valence-electron chi connectivity index (χ1n) is 27.1. The molecule has 1 saturated heterocycles. The van der Waals surface area contributed by atoms with Crippen molar-refractivity contribution < 1.29 is 39.8 Å². The molecule has 7 unspecified atom stereocenters. The molecule has 1 fully saturated rings. The molecule has 63 heavy (non-hydrogen) atoms. The van der Waals surface area contributed by atoms with Gasteiger partial charge in [-0.25, -0.2) is 0 Å². The molecule has 1 aliphatic rings. The summed E-state index contributed by atoms with van der Waals surface area (Å²) in [6, 6.07) is -0.800. The summed E-state index contributed by atoms with van der Waals surface area (Å²) in [5.74, 6) is -0.176. The predicted octanol–water partition coefficient (Wildman–Crippen LogP) is 12.6. The summed E-state index contributed by atoms with van der Waals surface area (Å²) in [5.41, 5.74) is 0. The van der Waals surface area contributed by atoms with Crippen LogP contribution in [-0.2, 0) is 14.3 Å². The van der Waals surface area contributed by atoms with Crippen molar-refractivity contribution in [1.82, 2.24) is 5.32 Å². The number of allylic oxidation sites excluding steroid dienone is 3. The monoisotopic (exact) mass is 894 g/mol. The molecule has 0 radical (unpaired) electrons. The third-order valence-electron chi connectivity index (χ3n) is 13.0. The number of amides is 1. The van der Waals surface area contributed by atoms with E-state index >= 15 is 0 Å². The van der Waals surface area contributed by atoms with Crippen molar-refractivity contribution in [2.75, 3.05) is 13.2 Å². The van der Waals surface area contributed by atoms with E-state index in [0.29, 0.717) is 6.42 Å². The number of hydrogen-bond acceptors (Lipinski definition) is 8. The van der Waals surface area contributed by atoms with Crippen molar-refractivity contribution in [2.24, 2.45) is 0 Å². The van der Waals surface area contributed by atoms with E-state index in [2.05, 4.69) is 31.3 Å². The number of hydrogen-bond donors (Lipinski definition) is 6. The fourth-order valence-corrected chi connectivity index (χ4v) is 8.68. The fraction of sp³-hybridized carbons (Fsp3) is 0.907. The highest BCUT2D eigenvalue weighted by Crippen LogP contribution is 2.23. The van der Waals surface area contributed by atoms with Crippen LogP contribution in [0.3, 0.4) is 0 Å². The summed E-state index contributed by atoms with van der Waals surface area (Å²) < 4.78 is 11.2. The second-order valence-corrected chi connectivity index (χ2v) is 19.0. The summed E-state index contributed by atoms with van der Waals surface area (Å²) in [6.07, 6.45) is 48.3. The van der Waals surface area contributed by atoms with Crippen molar-refractivity contribution in [2.45, 2.75) is 301 Å². The number of ether oxygens (including phenoxy) is 2. The molecule has 1 aliphatic heterocycles. The summed E-state index contributed by atoms with van der Waals surface area (Å²) in [7, 11) is 0. The van der Waals surface area contributed by atoms with Crippen molar-refractivity contribution in [3.05, 3.63) is 24.3 Å². The normalized spacial score (nSPS) is 20.3. The topological polar surface area (TPSA) is 149 Å². The zero-order chi connectivity index (χ0) is 45.9. The summed E-state index contributed by atoms with van der Waals surface area (Å²) in [5, 5.41) is 54.2. The summed E-state index contributed by atoms with van der Waals surface area (Å²) in [6.45, 7) is 3.77. The van der Waals surface area contributed by atoms with Crippen LogP contribution in [0.25, 0.3) is 0 Å². The number of unbranched alkanes of at least 4 members (excludes halogenated alkanes) is 34. The van der Waals surface area contributed by atoms with Crippen LogP contribution in [0.2, 0.25) is 0 Å². The van der Waals surface area contributed by atoms with Gasteiger partial charge in [-0.15, -0.1) is 0 Å². The lowest BCUT2D eigenvalue weighted by molar-refractivity contribution is -0.302. The molecule has 0 aromatic heterocycles. The van der Waals surface area contributed by atoms with Crippen LogP contribution in [0.4, 0.5) is 0 Å². The van der Waals surface area contributed by atoms with E-state index in [9.17, 15) is 30.3 Å². The minimum absolute atomic E-state index is 0.176. The van der Waals surface area contributed by atoms with Gasteiger partial charge < -0.3 is 40.3 Å². The Kier molecular flexibility index (Phi) is 42.2. The zero-order valence-corrected chi connectivity index (χ0v) is 41.1. The van der Waals surface area contributed by atoms with E-state index in [1.165, 1.54) is 199 Å². The lowest BCUT2D eigenvalue weighted by atomic mass is 9.99. The zero-order valence-electron chi connectivity index (χ0n) is 41.1. The molecular formula is C54H103NO8. The third-order valence-corrected chi connectivity index (χ3v) is 13.0. The van der Waals surface area contributed by atoms with E-state index < -0.39 is 49.5 Å². The average molecular weight is 894 g/mol. The molecule has 0 aromatic carbocycles. The van der Waals surface area contributed by atoms with Crippen molar-refractivity contribution in [3.63, 3.8) is 0 Å². The molecule has 1 heterocycles. The van der Waals surface area contributed by atoms with E-state index in [1.54, 1.807) is 6.08 Å². The highest BCUT2D eigenvalue weighted by Gasteiger charge is 2.44. The molecule has 372 valence electrons. The molecular weight excluding hydrogens is 791 g/mol. The van der Waals surface area contributed by atoms with Gasteiger partial charge in [-0.1, -0.05) is 231 Å². The predicted molar refractivity (Wildman–Crippen MR) is 263 cm³/mol. The van der Waals surface area contributed by atoms with E-state index in [4.69, 9.17) is 9.47 Å². The quantitative estimate of drug-likeness (QED) is 0.0261. The highest BCUT2D eigenvalue weighted by atomic mass is 16.7. The second kappa shape index (κ2) is 44.5. The molecule has 0 saturated carbocycles. The van der Waals surface area contributed by atoms with Crippen LogP contribution in [0.15, 0.2) is 24.3 Å². The first kappa shape index (κ1) is 59.7. The molecule has 0 spiro atoms. The molecule has 7 atom stereocenters. The van der Waals surface area contributed by atoms with Gasteiger partial charge in [0.2, 0.25) is 5.91 Å². The number of carbonyl (C=O) groups excluding carboxylic acids is 1. The largest absolute Gasteiger partial charge is 0.394 e. The van der Waals surface area contributed by atoms with Crippen molar-refractivity contribution in [1.29, 1.82) is 0 Å². The van der Waals surface area contributed by atoms with E-state index in [-0.39, 0.29) is 12.5 Å². The molecule has 1 rings (SSSR count). The molecule has 6 N–H and O–H groups in total. The minimum Gasteiger partial charge on any atom is -0.394 e. The third kappa shape index (κ3) is 34.6. The average Bonchev–Trinajstić information content (AvgIpc) is 3.28.